The smallest absolute Gasteiger partial charge is 0.247 e. The lowest BCUT2D eigenvalue weighted by Gasteiger charge is -2.31. The van der Waals surface area contributed by atoms with Gasteiger partial charge in [0.25, 0.3) is 0 Å². The highest BCUT2D eigenvalue weighted by atomic mass is 16.2. The van der Waals surface area contributed by atoms with Crippen molar-refractivity contribution in [2.45, 2.75) is 39.8 Å². The molecule has 0 saturated carbocycles. The van der Waals surface area contributed by atoms with Gasteiger partial charge in [-0.05, 0) is 17.5 Å². The number of benzene rings is 1. The highest BCUT2D eigenvalue weighted by Crippen LogP contribution is 2.26. The van der Waals surface area contributed by atoms with Gasteiger partial charge >= 0.3 is 0 Å². The Balaban J connectivity index is 2.42. The number of hydrogen-bond acceptors (Lipinski definition) is 2. The van der Waals surface area contributed by atoms with Crippen molar-refractivity contribution >= 4 is 17.5 Å². The third kappa shape index (κ3) is 2.62. The molecule has 102 valence electrons. The van der Waals surface area contributed by atoms with E-state index in [2.05, 4.69) is 5.32 Å². The largest absolute Gasteiger partial charge is 0.326 e. The van der Waals surface area contributed by atoms with Crippen LogP contribution in [0.15, 0.2) is 24.3 Å². The first-order chi connectivity index (χ1) is 9.04. The van der Waals surface area contributed by atoms with Crippen LogP contribution in [0.5, 0.6) is 0 Å². The van der Waals surface area contributed by atoms with Crippen LogP contribution in [0.2, 0.25) is 0 Å². The Morgan fingerprint density at radius 2 is 2.16 bits per heavy atom. The molecule has 0 radical (unpaired) electrons. The lowest BCUT2D eigenvalue weighted by atomic mass is 9.96. The van der Waals surface area contributed by atoms with Crippen LogP contribution in [0, 0.1) is 5.92 Å². The zero-order valence-electron chi connectivity index (χ0n) is 11.6. The van der Waals surface area contributed by atoms with Crippen LogP contribution < -0.4 is 5.32 Å². The molecule has 0 bridgehead atoms. The monoisotopic (exact) mass is 260 g/mol. The second-order valence-electron chi connectivity index (χ2n) is 5.12. The molecule has 1 N–H and O–H groups in total. The fraction of sp³-hybridized carbons (Fsp3) is 0.467. The maximum atomic E-state index is 12.4. The minimum absolute atomic E-state index is 0.0582. The summed E-state index contributed by atoms with van der Waals surface area (Å²) in [5.41, 5.74) is 1.79. The van der Waals surface area contributed by atoms with Crippen molar-refractivity contribution in [1.29, 1.82) is 0 Å². The van der Waals surface area contributed by atoms with E-state index in [-0.39, 0.29) is 17.7 Å². The number of anilines is 1. The summed E-state index contributed by atoms with van der Waals surface area (Å²) >= 11 is 0. The molecule has 1 aromatic rings. The lowest BCUT2D eigenvalue weighted by molar-refractivity contribution is -0.139. The molecule has 2 atom stereocenters. The first-order valence-corrected chi connectivity index (χ1v) is 6.70. The Morgan fingerprint density at radius 1 is 1.47 bits per heavy atom. The topological polar surface area (TPSA) is 49.4 Å². The van der Waals surface area contributed by atoms with E-state index in [9.17, 15) is 9.59 Å². The molecule has 1 aromatic carbocycles. The van der Waals surface area contributed by atoms with Crippen LogP contribution in [0.1, 0.15) is 32.8 Å². The summed E-state index contributed by atoms with van der Waals surface area (Å²) in [6.07, 6.45) is 0.859. The maximum absolute atomic E-state index is 12.4. The van der Waals surface area contributed by atoms with E-state index in [0.29, 0.717) is 6.54 Å². The van der Waals surface area contributed by atoms with E-state index in [1.807, 2.05) is 38.1 Å². The third-order valence-electron chi connectivity index (χ3n) is 3.81. The predicted octanol–water partition coefficient (Wildman–Crippen LogP) is 2.40. The standard InChI is InChI=1S/C15H20N2O2/c1-4-10(2)14-15(19)16-13-8-6-5-7-12(13)9-17(14)11(3)18/h5-8,10,14H,4,9H2,1-3H3,(H,16,19)/t10?,14-/m0/s1. The summed E-state index contributed by atoms with van der Waals surface area (Å²) in [6.45, 7) is 6.06. The van der Waals surface area contributed by atoms with Gasteiger partial charge in [0.2, 0.25) is 11.8 Å². The summed E-state index contributed by atoms with van der Waals surface area (Å²) in [6, 6.07) is 7.25. The molecule has 1 heterocycles. The Bertz CT molecular complexity index is 499. The summed E-state index contributed by atoms with van der Waals surface area (Å²) in [7, 11) is 0. The quantitative estimate of drug-likeness (QED) is 0.887. The first kappa shape index (κ1) is 13.6. The van der Waals surface area contributed by atoms with Crippen molar-refractivity contribution in [3.63, 3.8) is 0 Å². The molecule has 0 aliphatic carbocycles. The van der Waals surface area contributed by atoms with E-state index >= 15 is 0 Å². The van der Waals surface area contributed by atoms with Crippen molar-refractivity contribution in [3.05, 3.63) is 29.8 Å². The van der Waals surface area contributed by atoms with Crippen molar-refractivity contribution in [2.24, 2.45) is 5.92 Å². The Morgan fingerprint density at radius 3 is 2.79 bits per heavy atom. The number of para-hydroxylation sites is 1. The fourth-order valence-electron chi connectivity index (χ4n) is 2.51. The van der Waals surface area contributed by atoms with Crippen molar-refractivity contribution in [3.8, 4) is 0 Å². The van der Waals surface area contributed by atoms with Gasteiger partial charge in [0.1, 0.15) is 6.04 Å². The molecular formula is C15H20N2O2. The van der Waals surface area contributed by atoms with Crippen LogP contribution in [-0.4, -0.2) is 22.8 Å². The number of nitrogens with zero attached hydrogens (tertiary/aromatic N) is 1. The molecule has 0 aromatic heterocycles. The molecule has 1 aliphatic rings. The predicted molar refractivity (Wildman–Crippen MR) is 74.5 cm³/mol. The highest BCUT2D eigenvalue weighted by Gasteiger charge is 2.34. The van der Waals surface area contributed by atoms with Crippen molar-refractivity contribution in [1.82, 2.24) is 4.90 Å². The van der Waals surface area contributed by atoms with Crippen LogP contribution in [-0.2, 0) is 16.1 Å². The molecule has 2 amide bonds. The van der Waals surface area contributed by atoms with Crippen molar-refractivity contribution < 1.29 is 9.59 Å². The van der Waals surface area contributed by atoms with E-state index in [1.165, 1.54) is 6.92 Å². The lowest BCUT2D eigenvalue weighted by Crippen LogP contribution is -2.48. The summed E-state index contributed by atoms with van der Waals surface area (Å²) < 4.78 is 0. The number of rotatable bonds is 2. The Hall–Kier alpha value is -1.84. The molecule has 2 rings (SSSR count). The van der Waals surface area contributed by atoms with Gasteiger partial charge in [-0.25, -0.2) is 0 Å². The fourth-order valence-corrected chi connectivity index (χ4v) is 2.51. The maximum Gasteiger partial charge on any atom is 0.247 e. The number of hydrogen-bond donors (Lipinski definition) is 1. The van der Waals surface area contributed by atoms with Gasteiger partial charge in [-0.3, -0.25) is 9.59 Å². The average Bonchev–Trinajstić information content (AvgIpc) is 2.53. The molecular weight excluding hydrogens is 240 g/mol. The molecule has 1 unspecified atom stereocenters. The molecule has 19 heavy (non-hydrogen) atoms. The Kier molecular flexibility index (Phi) is 3.88. The van der Waals surface area contributed by atoms with Crippen LogP contribution in [0.25, 0.3) is 0 Å². The van der Waals surface area contributed by atoms with Gasteiger partial charge in [-0.2, -0.15) is 0 Å². The number of fused-ring (bicyclic) bond motifs is 1. The third-order valence-corrected chi connectivity index (χ3v) is 3.81. The van der Waals surface area contributed by atoms with Gasteiger partial charge in [-0.15, -0.1) is 0 Å². The van der Waals surface area contributed by atoms with E-state index < -0.39 is 6.04 Å². The minimum atomic E-state index is -0.394. The SMILES string of the molecule is CCC(C)[C@H]1C(=O)Nc2ccccc2CN1C(C)=O. The normalized spacial score (nSPS) is 20.3. The number of carbonyl (C=O) groups is 2. The van der Waals surface area contributed by atoms with Gasteiger partial charge < -0.3 is 10.2 Å². The summed E-state index contributed by atoms with van der Waals surface area (Å²) in [4.78, 5) is 25.9. The number of carbonyl (C=O) groups excluding carboxylic acids is 2. The number of nitrogens with one attached hydrogen (secondary N) is 1. The van der Waals surface area contributed by atoms with Gasteiger partial charge in [0, 0.05) is 19.2 Å². The molecule has 4 nitrogen and oxygen atoms in total. The van der Waals surface area contributed by atoms with Crippen LogP contribution >= 0.6 is 0 Å². The van der Waals surface area contributed by atoms with Crippen LogP contribution in [0.3, 0.4) is 0 Å². The van der Waals surface area contributed by atoms with Gasteiger partial charge in [-0.1, -0.05) is 38.5 Å². The minimum Gasteiger partial charge on any atom is -0.326 e. The first-order valence-electron chi connectivity index (χ1n) is 6.70. The van der Waals surface area contributed by atoms with Gasteiger partial charge in [0.05, 0.1) is 0 Å². The second-order valence-corrected chi connectivity index (χ2v) is 5.12. The number of amides is 2. The van der Waals surface area contributed by atoms with Crippen molar-refractivity contribution in [2.75, 3.05) is 5.32 Å². The van der Waals surface area contributed by atoms with Gasteiger partial charge in [0.15, 0.2) is 0 Å². The molecule has 0 fully saturated rings. The summed E-state index contributed by atoms with van der Waals surface area (Å²) in [5.74, 6) is -0.00938. The zero-order valence-corrected chi connectivity index (χ0v) is 11.6. The zero-order chi connectivity index (χ0) is 14.0. The molecule has 0 saturated heterocycles. The molecule has 0 spiro atoms. The van der Waals surface area contributed by atoms with Crippen LogP contribution in [0.4, 0.5) is 5.69 Å². The highest BCUT2D eigenvalue weighted by molar-refractivity contribution is 5.98. The second kappa shape index (κ2) is 5.43. The molecule has 4 heteroatoms. The van der Waals surface area contributed by atoms with E-state index in [1.54, 1.807) is 4.90 Å². The van der Waals surface area contributed by atoms with E-state index in [4.69, 9.17) is 0 Å². The molecule has 1 aliphatic heterocycles. The Labute approximate surface area is 113 Å². The average molecular weight is 260 g/mol. The summed E-state index contributed by atoms with van der Waals surface area (Å²) in [5, 5.41) is 2.94. The van der Waals surface area contributed by atoms with E-state index in [0.717, 1.165) is 17.7 Å².